The molecule has 15 heavy (non-hydrogen) atoms. The summed E-state index contributed by atoms with van der Waals surface area (Å²) >= 11 is 0. The first-order chi connectivity index (χ1) is 7.16. The second-order valence-electron chi connectivity index (χ2n) is 3.13. The van der Waals surface area contributed by atoms with Gasteiger partial charge in [0.1, 0.15) is 0 Å². The average Bonchev–Trinajstić information content (AvgIpc) is 2.28. The molecule has 2 atom stereocenters. The van der Waals surface area contributed by atoms with Gasteiger partial charge in [0.2, 0.25) is 0 Å². The molecule has 0 aliphatic rings. The van der Waals surface area contributed by atoms with Gasteiger partial charge < -0.3 is 15.6 Å². The van der Waals surface area contributed by atoms with Gasteiger partial charge >= 0.3 is 5.97 Å². The molecule has 0 aliphatic heterocycles. The Bertz CT molecular complexity index is 313. The van der Waals surface area contributed by atoms with Gasteiger partial charge in [-0.3, -0.25) is 0 Å². The average molecular weight is 209 g/mol. The van der Waals surface area contributed by atoms with E-state index in [-0.39, 0.29) is 6.61 Å². The molecular weight excluding hydrogens is 194 g/mol. The highest BCUT2D eigenvalue weighted by atomic mass is 16.5. The molecule has 0 unspecified atom stereocenters. The lowest BCUT2D eigenvalue weighted by molar-refractivity contribution is -0.154. The van der Waals surface area contributed by atoms with Gasteiger partial charge in [-0.25, -0.2) is 4.79 Å². The highest BCUT2D eigenvalue weighted by molar-refractivity contribution is 5.75. The van der Waals surface area contributed by atoms with Gasteiger partial charge in [-0.2, -0.15) is 0 Å². The molecular formula is C11H15NO3. The third-order valence-electron chi connectivity index (χ3n) is 2.05. The van der Waals surface area contributed by atoms with Crippen molar-refractivity contribution in [3.05, 3.63) is 35.9 Å². The molecule has 1 aromatic carbocycles. The summed E-state index contributed by atoms with van der Waals surface area (Å²) in [6.07, 6.45) is -1.31. The number of carbonyl (C=O) groups excluding carboxylic acids is 1. The molecule has 4 heteroatoms. The number of rotatable bonds is 4. The van der Waals surface area contributed by atoms with Crippen LogP contribution in [0, 0.1) is 0 Å². The van der Waals surface area contributed by atoms with Crippen molar-refractivity contribution < 1.29 is 14.6 Å². The van der Waals surface area contributed by atoms with Gasteiger partial charge in [-0.15, -0.1) is 0 Å². The van der Waals surface area contributed by atoms with Gasteiger partial charge in [0.15, 0.2) is 6.10 Å². The lowest BCUT2D eigenvalue weighted by Gasteiger charge is -2.17. The van der Waals surface area contributed by atoms with Crippen LogP contribution in [-0.2, 0) is 9.53 Å². The topological polar surface area (TPSA) is 72.5 Å². The number of ether oxygens (including phenoxy) is 1. The minimum absolute atomic E-state index is 0.234. The Morgan fingerprint density at radius 1 is 1.47 bits per heavy atom. The van der Waals surface area contributed by atoms with Gasteiger partial charge in [0.05, 0.1) is 12.6 Å². The van der Waals surface area contributed by atoms with Gasteiger partial charge in [0.25, 0.3) is 0 Å². The Morgan fingerprint density at radius 2 is 2.07 bits per heavy atom. The second kappa shape index (κ2) is 5.48. The van der Waals surface area contributed by atoms with Crippen LogP contribution in [-0.4, -0.2) is 23.8 Å². The summed E-state index contributed by atoms with van der Waals surface area (Å²) in [7, 11) is 0. The van der Waals surface area contributed by atoms with Crippen molar-refractivity contribution in [2.24, 2.45) is 5.73 Å². The smallest absolute Gasteiger partial charge is 0.336 e. The fraction of sp³-hybridized carbons (Fsp3) is 0.364. The van der Waals surface area contributed by atoms with Crippen molar-refractivity contribution in [2.75, 3.05) is 6.61 Å². The van der Waals surface area contributed by atoms with Gasteiger partial charge in [-0.05, 0) is 12.5 Å². The molecule has 3 N–H and O–H groups in total. The highest BCUT2D eigenvalue weighted by Gasteiger charge is 2.25. The zero-order valence-corrected chi connectivity index (χ0v) is 8.59. The van der Waals surface area contributed by atoms with E-state index in [9.17, 15) is 9.90 Å². The van der Waals surface area contributed by atoms with Crippen LogP contribution >= 0.6 is 0 Å². The number of aliphatic hydroxyl groups excluding tert-OH is 1. The van der Waals surface area contributed by atoms with E-state index in [1.54, 1.807) is 31.2 Å². The molecule has 0 aliphatic carbocycles. The molecule has 0 heterocycles. The summed E-state index contributed by atoms with van der Waals surface area (Å²) in [5.74, 6) is -0.686. The van der Waals surface area contributed by atoms with Crippen molar-refractivity contribution in [3.8, 4) is 0 Å². The number of aliphatic hydroxyl groups is 1. The number of esters is 1. The normalized spacial score (nSPS) is 14.3. The Morgan fingerprint density at radius 3 is 2.60 bits per heavy atom. The van der Waals surface area contributed by atoms with Crippen molar-refractivity contribution in [1.82, 2.24) is 0 Å². The predicted octanol–water partition coefficient (Wildman–Crippen LogP) is 0.610. The van der Waals surface area contributed by atoms with Gasteiger partial charge in [-0.1, -0.05) is 30.3 Å². The summed E-state index contributed by atoms with van der Waals surface area (Å²) in [6, 6.07) is 8.21. The zero-order chi connectivity index (χ0) is 11.3. The van der Waals surface area contributed by atoms with Crippen molar-refractivity contribution in [3.63, 3.8) is 0 Å². The maximum absolute atomic E-state index is 11.2. The Labute approximate surface area is 88.7 Å². The zero-order valence-electron chi connectivity index (χ0n) is 8.59. The first kappa shape index (κ1) is 11.7. The number of nitrogens with two attached hydrogens (primary N) is 1. The minimum Gasteiger partial charge on any atom is -0.464 e. The van der Waals surface area contributed by atoms with Crippen LogP contribution in [0.4, 0.5) is 0 Å². The molecule has 0 saturated carbocycles. The van der Waals surface area contributed by atoms with E-state index in [4.69, 9.17) is 5.73 Å². The van der Waals surface area contributed by atoms with E-state index in [1.165, 1.54) is 0 Å². The van der Waals surface area contributed by atoms with Gasteiger partial charge in [0, 0.05) is 0 Å². The standard InChI is InChI=1S/C11H15NO3/c1-2-15-11(14)10(13)9(12)8-6-4-3-5-7-8/h3-7,9-10,13H,2,12H2,1H3/t9-,10+/m0/s1. The summed E-state index contributed by atoms with van der Waals surface area (Å²) in [6.45, 7) is 1.91. The number of hydrogen-bond acceptors (Lipinski definition) is 4. The molecule has 1 rings (SSSR count). The lowest BCUT2D eigenvalue weighted by atomic mass is 10.0. The Hall–Kier alpha value is -1.39. The fourth-order valence-electron chi connectivity index (χ4n) is 1.23. The summed E-state index contributed by atoms with van der Waals surface area (Å²) < 4.78 is 4.68. The van der Waals surface area contributed by atoms with Crippen LogP contribution in [0.3, 0.4) is 0 Å². The van der Waals surface area contributed by atoms with Crippen LogP contribution in [0.2, 0.25) is 0 Å². The second-order valence-corrected chi connectivity index (χ2v) is 3.13. The lowest BCUT2D eigenvalue weighted by Crippen LogP contribution is -2.34. The molecule has 0 spiro atoms. The van der Waals surface area contributed by atoms with Crippen molar-refractivity contribution in [2.45, 2.75) is 19.1 Å². The Balaban J connectivity index is 2.68. The maximum atomic E-state index is 11.2. The monoisotopic (exact) mass is 209 g/mol. The van der Waals surface area contributed by atoms with Crippen LogP contribution in [0.15, 0.2) is 30.3 Å². The minimum atomic E-state index is -1.31. The van der Waals surface area contributed by atoms with E-state index in [1.807, 2.05) is 6.07 Å². The van der Waals surface area contributed by atoms with E-state index >= 15 is 0 Å². The molecule has 0 saturated heterocycles. The third kappa shape index (κ3) is 3.04. The molecule has 0 fully saturated rings. The predicted molar refractivity (Wildman–Crippen MR) is 56.0 cm³/mol. The largest absolute Gasteiger partial charge is 0.464 e. The van der Waals surface area contributed by atoms with Crippen LogP contribution < -0.4 is 5.73 Å². The molecule has 0 radical (unpaired) electrons. The summed E-state index contributed by atoms with van der Waals surface area (Å²) in [5, 5.41) is 9.57. The molecule has 0 aromatic heterocycles. The highest BCUT2D eigenvalue weighted by Crippen LogP contribution is 2.14. The first-order valence-electron chi connectivity index (χ1n) is 4.82. The van der Waals surface area contributed by atoms with Crippen LogP contribution in [0.1, 0.15) is 18.5 Å². The molecule has 82 valence electrons. The maximum Gasteiger partial charge on any atom is 0.336 e. The molecule has 4 nitrogen and oxygen atoms in total. The van der Waals surface area contributed by atoms with E-state index < -0.39 is 18.1 Å². The number of benzene rings is 1. The Kier molecular flexibility index (Phi) is 4.27. The fourth-order valence-corrected chi connectivity index (χ4v) is 1.23. The summed E-state index contributed by atoms with van der Waals surface area (Å²) in [5.41, 5.74) is 6.43. The van der Waals surface area contributed by atoms with Crippen LogP contribution in [0.25, 0.3) is 0 Å². The van der Waals surface area contributed by atoms with E-state index in [0.29, 0.717) is 5.56 Å². The molecule has 1 aromatic rings. The molecule has 0 amide bonds. The van der Waals surface area contributed by atoms with E-state index in [0.717, 1.165) is 0 Å². The summed E-state index contributed by atoms with van der Waals surface area (Å²) in [4.78, 5) is 11.2. The molecule has 0 bridgehead atoms. The van der Waals surface area contributed by atoms with Crippen LogP contribution in [0.5, 0.6) is 0 Å². The SMILES string of the molecule is CCOC(=O)[C@H](O)[C@@H](N)c1ccccc1. The number of carbonyl (C=O) groups is 1. The number of hydrogen-bond donors (Lipinski definition) is 2. The quantitative estimate of drug-likeness (QED) is 0.713. The van der Waals surface area contributed by atoms with E-state index in [2.05, 4.69) is 4.74 Å². The first-order valence-corrected chi connectivity index (χ1v) is 4.82. The third-order valence-corrected chi connectivity index (χ3v) is 2.05. The van der Waals surface area contributed by atoms with Crippen molar-refractivity contribution in [1.29, 1.82) is 0 Å². The van der Waals surface area contributed by atoms with Crippen molar-refractivity contribution >= 4 is 5.97 Å².